The predicted octanol–water partition coefficient (Wildman–Crippen LogP) is 4.59. The molecule has 0 saturated carbocycles. The van der Waals surface area contributed by atoms with Gasteiger partial charge in [0.15, 0.2) is 0 Å². The van der Waals surface area contributed by atoms with E-state index in [-0.39, 0.29) is 0 Å². The van der Waals surface area contributed by atoms with Crippen LogP contribution in [0.2, 0.25) is 0 Å². The van der Waals surface area contributed by atoms with Crippen LogP contribution >= 0.6 is 0 Å². The Balaban J connectivity index is 2.90. The summed E-state index contributed by atoms with van der Waals surface area (Å²) >= 11 is 0. The minimum atomic E-state index is -0.782. The third kappa shape index (κ3) is 13.5. The fraction of sp³-hybridized carbons (Fsp3) is 0.857. The third-order valence-electron chi connectivity index (χ3n) is 2.88. The Morgan fingerprint density at radius 1 is 0.875 bits per heavy atom. The molecular formula is C14H27O2. The van der Waals surface area contributed by atoms with Crippen LogP contribution in [0, 0.1) is 6.42 Å². The lowest BCUT2D eigenvalue weighted by Crippen LogP contribution is -1.94. The molecule has 0 amide bonds. The van der Waals surface area contributed by atoms with Gasteiger partial charge in [0.2, 0.25) is 0 Å². The highest BCUT2D eigenvalue weighted by atomic mass is 16.4. The zero-order valence-electron chi connectivity index (χ0n) is 10.7. The fourth-order valence-electron chi connectivity index (χ4n) is 1.86. The Morgan fingerprint density at radius 3 is 1.75 bits per heavy atom. The van der Waals surface area contributed by atoms with Crippen molar-refractivity contribution in [3.8, 4) is 0 Å². The smallest absolute Gasteiger partial charge is 0.307 e. The van der Waals surface area contributed by atoms with E-state index in [1.807, 2.05) is 0 Å². The van der Waals surface area contributed by atoms with E-state index in [0.717, 1.165) is 12.8 Å². The predicted molar refractivity (Wildman–Crippen MR) is 68.4 cm³/mol. The van der Waals surface area contributed by atoms with Gasteiger partial charge >= 0.3 is 5.97 Å². The van der Waals surface area contributed by atoms with E-state index in [9.17, 15) is 4.79 Å². The number of aliphatic carboxylic acids is 1. The van der Waals surface area contributed by atoms with Gasteiger partial charge in [-0.05, 0) is 6.42 Å². The highest BCUT2D eigenvalue weighted by Crippen LogP contribution is 2.11. The summed E-state index contributed by atoms with van der Waals surface area (Å²) in [6.45, 7) is 2.24. The van der Waals surface area contributed by atoms with Crippen LogP contribution in [-0.4, -0.2) is 11.1 Å². The van der Waals surface area contributed by atoms with E-state index in [0.29, 0.717) is 0 Å². The average molecular weight is 227 g/mol. The van der Waals surface area contributed by atoms with Crippen LogP contribution in [0.3, 0.4) is 0 Å². The van der Waals surface area contributed by atoms with Gasteiger partial charge in [0.1, 0.15) is 0 Å². The van der Waals surface area contributed by atoms with E-state index in [2.05, 4.69) is 6.92 Å². The zero-order valence-corrected chi connectivity index (χ0v) is 10.7. The lowest BCUT2D eigenvalue weighted by molar-refractivity contribution is -0.133. The molecule has 0 atom stereocenters. The molecule has 0 fully saturated rings. The molecule has 0 aliphatic heterocycles. The molecule has 16 heavy (non-hydrogen) atoms. The second-order valence-corrected chi connectivity index (χ2v) is 4.51. The average Bonchev–Trinajstić information content (AvgIpc) is 2.25. The molecule has 2 heteroatoms. The molecule has 0 aliphatic carbocycles. The van der Waals surface area contributed by atoms with Crippen molar-refractivity contribution in [3.63, 3.8) is 0 Å². The standard InChI is InChI=1S/C14H27O2/c1-2-3-4-5-6-7-8-9-10-11-12-13-14(15)16/h13H,2-12H2,1H3,(H,15,16). The van der Waals surface area contributed by atoms with Crippen molar-refractivity contribution in [1.82, 2.24) is 0 Å². The number of carbonyl (C=O) groups is 1. The summed E-state index contributed by atoms with van der Waals surface area (Å²) in [7, 11) is 0. The summed E-state index contributed by atoms with van der Waals surface area (Å²) in [4.78, 5) is 10.2. The first-order valence-electron chi connectivity index (χ1n) is 6.83. The van der Waals surface area contributed by atoms with Crippen LogP contribution in [0.4, 0.5) is 0 Å². The molecule has 0 rings (SSSR count). The lowest BCUT2D eigenvalue weighted by Gasteiger charge is -2.01. The van der Waals surface area contributed by atoms with Gasteiger partial charge in [-0.3, -0.25) is 4.79 Å². The molecule has 0 bridgehead atoms. The number of hydrogen-bond acceptors (Lipinski definition) is 1. The van der Waals surface area contributed by atoms with Gasteiger partial charge in [-0.2, -0.15) is 0 Å². The number of rotatable bonds is 12. The van der Waals surface area contributed by atoms with Gasteiger partial charge in [0, 0.05) is 0 Å². The number of unbranched alkanes of at least 4 members (excludes halogenated alkanes) is 10. The van der Waals surface area contributed by atoms with Crippen LogP contribution in [0.15, 0.2) is 0 Å². The number of carboxylic acids is 1. The van der Waals surface area contributed by atoms with Crippen molar-refractivity contribution < 1.29 is 9.90 Å². The van der Waals surface area contributed by atoms with Crippen molar-refractivity contribution in [2.24, 2.45) is 0 Å². The van der Waals surface area contributed by atoms with Crippen LogP contribution in [0.1, 0.15) is 77.6 Å². The van der Waals surface area contributed by atoms with Crippen molar-refractivity contribution >= 4 is 5.97 Å². The SMILES string of the molecule is CCCCCCCCCCCC[CH]C(=O)O. The maximum absolute atomic E-state index is 10.2. The highest BCUT2D eigenvalue weighted by Gasteiger charge is 1.97. The molecule has 1 N–H and O–H groups in total. The highest BCUT2D eigenvalue weighted by molar-refractivity contribution is 5.76. The molecular weight excluding hydrogens is 200 g/mol. The first kappa shape index (κ1) is 15.5. The molecule has 0 spiro atoms. The van der Waals surface area contributed by atoms with Crippen LogP contribution in [-0.2, 0) is 4.79 Å². The van der Waals surface area contributed by atoms with E-state index in [4.69, 9.17) is 5.11 Å². The molecule has 1 radical (unpaired) electrons. The van der Waals surface area contributed by atoms with Gasteiger partial charge in [0.05, 0.1) is 6.42 Å². The van der Waals surface area contributed by atoms with E-state index in [1.165, 1.54) is 64.2 Å². The zero-order chi connectivity index (χ0) is 12.1. The van der Waals surface area contributed by atoms with Crippen molar-refractivity contribution in [2.45, 2.75) is 77.6 Å². The molecule has 0 heterocycles. The molecule has 95 valence electrons. The summed E-state index contributed by atoms with van der Waals surface area (Å²) in [5, 5.41) is 8.40. The second-order valence-electron chi connectivity index (χ2n) is 4.51. The molecule has 0 aromatic carbocycles. The second kappa shape index (κ2) is 12.5. The van der Waals surface area contributed by atoms with E-state index >= 15 is 0 Å². The number of hydrogen-bond donors (Lipinski definition) is 1. The quantitative estimate of drug-likeness (QED) is 0.495. The molecule has 0 aromatic rings. The molecule has 2 nitrogen and oxygen atoms in total. The van der Waals surface area contributed by atoms with Gasteiger partial charge in [-0.15, -0.1) is 0 Å². The molecule has 0 aromatic heterocycles. The summed E-state index contributed by atoms with van der Waals surface area (Å²) in [5.41, 5.74) is 0. The van der Waals surface area contributed by atoms with Gasteiger partial charge in [0.25, 0.3) is 0 Å². The number of carboxylic acid groups (broad SMARTS) is 1. The summed E-state index contributed by atoms with van der Waals surface area (Å²) in [6.07, 6.45) is 15.1. The summed E-state index contributed by atoms with van der Waals surface area (Å²) < 4.78 is 0. The third-order valence-corrected chi connectivity index (χ3v) is 2.88. The first-order valence-corrected chi connectivity index (χ1v) is 6.83. The summed E-state index contributed by atoms with van der Waals surface area (Å²) in [5.74, 6) is -0.782. The topological polar surface area (TPSA) is 37.3 Å². The minimum absolute atomic E-state index is 0.728. The van der Waals surface area contributed by atoms with Crippen molar-refractivity contribution in [1.29, 1.82) is 0 Å². The first-order chi connectivity index (χ1) is 7.77. The minimum Gasteiger partial charge on any atom is -0.481 e. The van der Waals surface area contributed by atoms with Crippen molar-refractivity contribution in [2.75, 3.05) is 0 Å². The van der Waals surface area contributed by atoms with Gasteiger partial charge in [-0.1, -0.05) is 71.1 Å². The maximum Gasteiger partial charge on any atom is 0.307 e. The Hall–Kier alpha value is -0.530. The molecule has 0 aliphatic rings. The van der Waals surface area contributed by atoms with E-state index in [1.54, 1.807) is 0 Å². The van der Waals surface area contributed by atoms with Crippen molar-refractivity contribution in [3.05, 3.63) is 6.42 Å². The Kier molecular flexibility index (Phi) is 12.1. The Labute approximate surface area is 100 Å². The van der Waals surface area contributed by atoms with Gasteiger partial charge < -0.3 is 5.11 Å². The largest absolute Gasteiger partial charge is 0.481 e. The van der Waals surface area contributed by atoms with Crippen LogP contribution in [0.5, 0.6) is 0 Å². The fourth-order valence-corrected chi connectivity index (χ4v) is 1.86. The van der Waals surface area contributed by atoms with Gasteiger partial charge in [-0.25, -0.2) is 0 Å². The van der Waals surface area contributed by atoms with E-state index < -0.39 is 5.97 Å². The monoisotopic (exact) mass is 227 g/mol. The Bertz CT molecular complexity index is 155. The summed E-state index contributed by atoms with van der Waals surface area (Å²) in [6, 6.07) is 0. The lowest BCUT2D eigenvalue weighted by atomic mass is 10.1. The molecule has 0 unspecified atom stereocenters. The molecule has 0 saturated heterocycles. The Morgan fingerprint density at radius 2 is 1.31 bits per heavy atom. The normalized spacial score (nSPS) is 10.6. The van der Waals surface area contributed by atoms with Crippen LogP contribution in [0.25, 0.3) is 0 Å². The maximum atomic E-state index is 10.2. The van der Waals surface area contributed by atoms with Crippen LogP contribution < -0.4 is 0 Å².